The molecular formula is C46H77N3O18P2. The smallest absolute Gasteiger partial charge is 0.462 e. The van der Waals surface area contributed by atoms with Gasteiger partial charge in [0.2, 0.25) is 0 Å². The largest absolute Gasteiger partial charge is 0.481 e. The fraction of sp³-hybridized carbons (Fsp3) is 0.761. The monoisotopic (exact) mass is 1020 g/mol. The van der Waals surface area contributed by atoms with Crippen LogP contribution in [0.1, 0.15) is 149 Å². The number of cyclic esters (lactones) is 1. The zero-order chi connectivity index (χ0) is 51.0. The number of unbranched alkanes of at least 4 members (excludes halogenated alkanes) is 9. The first-order valence-corrected chi connectivity index (χ1v) is 27.3. The van der Waals surface area contributed by atoms with Crippen molar-refractivity contribution in [3.8, 4) is 0 Å². The molecule has 2 aliphatic rings. The van der Waals surface area contributed by atoms with Gasteiger partial charge in [-0.3, -0.25) is 28.0 Å². The van der Waals surface area contributed by atoms with Gasteiger partial charge in [0, 0.05) is 31.4 Å². The number of carbonyl (C=O) groups is 3. The quantitative estimate of drug-likeness (QED) is 0.0368. The highest BCUT2D eigenvalue weighted by Gasteiger charge is 2.45. The van der Waals surface area contributed by atoms with Gasteiger partial charge in [0.15, 0.2) is 6.10 Å². The zero-order valence-electron chi connectivity index (χ0n) is 40.2. The number of hydrogen-bond donors (Lipinski definition) is 7. The highest BCUT2D eigenvalue weighted by Crippen LogP contribution is 2.60. The molecule has 8 N–H and O–H groups in total. The standard InChI is InChI=1S/C46H77N3O18P2/c1-4-5-14-20-33(50)24-25-35-37(51)28-38(52)36-21-16-12-13-17-22-41(53)62-29-34(65-42(54)23-18-11-9-7-6-8-10-15-19-32(2)3)30-63-68(58,59)67-69(60,61)64-31-39(44(56)43(35)55)66-45(36)49-27-26-40(47)48-46(49)57/h12,16,24-27,32-37,39,43-45,50-51,55-56H,4-11,13-15,17-23,28-31H2,1-3H3,(H,58,59)(H,60,61)(H2,47,48,57)/b16-12-,25-24?/t33-,34+,35-,36-,37+,39+,43-,44+,45+/m0/s1. The highest BCUT2D eigenvalue weighted by molar-refractivity contribution is 7.61. The Morgan fingerprint density at radius 3 is 2.23 bits per heavy atom. The Morgan fingerprint density at radius 1 is 0.913 bits per heavy atom. The molecule has 1 saturated heterocycles. The van der Waals surface area contributed by atoms with E-state index in [0.29, 0.717) is 25.2 Å². The number of esters is 2. The number of aromatic nitrogens is 2. The van der Waals surface area contributed by atoms with Crippen molar-refractivity contribution in [3.63, 3.8) is 0 Å². The number of phosphoric ester groups is 2. The Labute approximate surface area is 405 Å². The minimum atomic E-state index is -5.72. The third-order valence-corrected chi connectivity index (χ3v) is 14.4. The minimum Gasteiger partial charge on any atom is -0.462 e. The lowest BCUT2D eigenvalue weighted by atomic mass is 9.83. The van der Waals surface area contributed by atoms with Gasteiger partial charge in [-0.1, -0.05) is 116 Å². The second kappa shape index (κ2) is 31.3. The van der Waals surface area contributed by atoms with Crippen LogP contribution in [0.3, 0.4) is 0 Å². The molecule has 0 aromatic carbocycles. The second-order valence-corrected chi connectivity index (χ2v) is 21.3. The summed E-state index contributed by atoms with van der Waals surface area (Å²) in [5.74, 6) is -4.46. The van der Waals surface area contributed by atoms with Crippen LogP contribution >= 0.6 is 15.6 Å². The van der Waals surface area contributed by atoms with E-state index in [1.165, 1.54) is 37.5 Å². The topological polar surface area (TPSA) is 323 Å². The number of aliphatic hydroxyl groups excluding tert-OH is 4. The number of nitrogens with two attached hydrogens (primary N) is 1. The molecular weight excluding hydrogens is 944 g/mol. The first-order valence-electron chi connectivity index (χ1n) is 24.3. The molecule has 23 heteroatoms. The summed E-state index contributed by atoms with van der Waals surface area (Å²) in [6, 6.07) is 1.21. The number of anilines is 1. The molecule has 1 fully saturated rings. The molecule has 0 amide bonds. The second-order valence-electron chi connectivity index (χ2n) is 18.2. The van der Waals surface area contributed by atoms with E-state index >= 15 is 0 Å². The summed E-state index contributed by atoms with van der Waals surface area (Å²) in [5.41, 5.74) is 4.71. The number of fused-ring (bicyclic) bond motifs is 3. The lowest BCUT2D eigenvalue weighted by Crippen LogP contribution is -2.51. The lowest BCUT2D eigenvalue weighted by Gasteiger charge is -2.38. The predicted molar refractivity (Wildman–Crippen MR) is 253 cm³/mol. The molecule has 394 valence electrons. The molecule has 2 aliphatic heterocycles. The molecule has 0 radical (unpaired) electrons. The normalized spacial score (nSPS) is 30.6. The highest BCUT2D eigenvalue weighted by atomic mass is 31.3. The van der Waals surface area contributed by atoms with Crippen molar-refractivity contribution in [1.29, 1.82) is 0 Å². The number of phosphoric acid groups is 2. The van der Waals surface area contributed by atoms with Crippen LogP contribution in [0.4, 0.5) is 5.82 Å². The van der Waals surface area contributed by atoms with Crippen LogP contribution in [0.2, 0.25) is 0 Å². The molecule has 1 aromatic heterocycles. The Bertz CT molecular complexity index is 1930. The number of ketones is 1. The molecule has 11 atom stereocenters. The van der Waals surface area contributed by atoms with Gasteiger partial charge in [-0.2, -0.15) is 9.29 Å². The molecule has 21 nitrogen and oxygen atoms in total. The van der Waals surface area contributed by atoms with Crippen LogP contribution in [0.15, 0.2) is 41.4 Å². The van der Waals surface area contributed by atoms with Crippen LogP contribution < -0.4 is 11.4 Å². The summed E-state index contributed by atoms with van der Waals surface area (Å²) in [6.07, 6.45) is 6.14. The molecule has 2 unspecified atom stereocenters. The molecule has 0 aliphatic carbocycles. The van der Waals surface area contributed by atoms with Gasteiger partial charge >= 0.3 is 33.3 Å². The average Bonchev–Trinajstić information content (AvgIpc) is 3.27. The van der Waals surface area contributed by atoms with E-state index < -0.39 is 120 Å². The number of nitrogen functional groups attached to an aromatic ring is 1. The molecule has 0 spiro atoms. The van der Waals surface area contributed by atoms with Crippen LogP contribution in [0.25, 0.3) is 0 Å². The van der Waals surface area contributed by atoms with Crippen LogP contribution in [-0.4, -0.2) is 114 Å². The van der Waals surface area contributed by atoms with Gasteiger partial charge in [-0.15, -0.1) is 0 Å². The van der Waals surface area contributed by atoms with Crippen molar-refractivity contribution < 1.29 is 81.3 Å². The maximum Gasteiger partial charge on any atom is 0.481 e. The van der Waals surface area contributed by atoms with Crippen LogP contribution in [0.5, 0.6) is 0 Å². The first-order chi connectivity index (χ1) is 32.7. The van der Waals surface area contributed by atoms with Crippen molar-refractivity contribution in [2.24, 2.45) is 17.8 Å². The maximum absolute atomic E-state index is 14.2. The fourth-order valence-corrected chi connectivity index (χ4v) is 10.0. The van der Waals surface area contributed by atoms with Gasteiger partial charge < -0.3 is 50.2 Å². The van der Waals surface area contributed by atoms with Gasteiger partial charge in [0.05, 0.1) is 37.4 Å². The van der Waals surface area contributed by atoms with Crippen LogP contribution in [0, 0.1) is 17.8 Å². The Kier molecular flexibility index (Phi) is 27.3. The number of rotatable bonds is 19. The third-order valence-electron chi connectivity index (χ3n) is 11.8. The van der Waals surface area contributed by atoms with Crippen molar-refractivity contribution in [1.82, 2.24) is 9.55 Å². The van der Waals surface area contributed by atoms with Crippen molar-refractivity contribution >= 4 is 39.2 Å². The Hall–Kier alpha value is -3.17. The summed E-state index contributed by atoms with van der Waals surface area (Å²) in [5, 5.41) is 45.4. The molecule has 1 aromatic rings. The van der Waals surface area contributed by atoms with Crippen LogP contribution in [-0.2, 0) is 51.1 Å². The summed E-state index contributed by atoms with van der Waals surface area (Å²) < 4.78 is 58.7. The maximum atomic E-state index is 14.2. The zero-order valence-corrected chi connectivity index (χ0v) is 42.0. The van der Waals surface area contributed by atoms with Crippen molar-refractivity contribution in [2.75, 3.05) is 25.6 Å². The SMILES string of the molecule is CCCCC[C@H](O)C=C[C@@H]1[C@H](O)[C@H](O)[C@H]2COP(=O)(O)OP(=O)(O)OC[C@H](OC(=O)CCCCCCCCCCC(C)C)COC(=O)CCC/C=C\C[C@@H](C(=O)C[C@H]1O)[C@H](n1ccc(N)nc1=O)O2. The number of nitrogens with zero attached hydrogens (tertiary/aromatic N) is 2. The number of carbonyl (C=O) groups excluding carboxylic acids is 3. The summed E-state index contributed by atoms with van der Waals surface area (Å²) >= 11 is 0. The van der Waals surface area contributed by atoms with E-state index in [1.54, 1.807) is 12.2 Å². The van der Waals surface area contributed by atoms with Gasteiger partial charge in [0.25, 0.3) is 0 Å². The predicted octanol–water partition coefficient (Wildman–Crippen LogP) is 5.89. The fourth-order valence-electron chi connectivity index (χ4n) is 7.89. The third kappa shape index (κ3) is 23.3. The van der Waals surface area contributed by atoms with E-state index in [9.17, 15) is 58.5 Å². The minimum absolute atomic E-state index is 0.00426. The number of allylic oxidation sites excluding steroid dienone is 2. The summed E-state index contributed by atoms with van der Waals surface area (Å²) in [6.45, 7) is 3.63. The number of Topliss-reactive ketones (excluding diaryl/α,β-unsaturated/α-hetero) is 1. The lowest BCUT2D eigenvalue weighted by molar-refractivity contribution is -0.183. The van der Waals surface area contributed by atoms with E-state index in [0.717, 1.165) is 55.7 Å². The molecule has 3 heterocycles. The Balaban J connectivity index is 1.90. The first kappa shape index (κ1) is 60.1. The number of aliphatic hydroxyl groups is 4. The van der Waals surface area contributed by atoms with E-state index in [-0.39, 0.29) is 37.9 Å². The van der Waals surface area contributed by atoms with Crippen molar-refractivity contribution in [2.45, 2.75) is 186 Å². The van der Waals surface area contributed by atoms with E-state index in [1.807, 2.05) is 6.92 Å². The van der Waals surface area contributed by atoms with Gasteiger partial charge in [-0.25, -0.2) is 13.9 Å². The van der Waals surface area contributed by atoms with E-state index in [4.69, 9.17) is 29.0 Å². The van der Waals surface area contributed by atoms with Gasteiger partial charge in [0.1, 0.15) is 36.6 Å². The molecule has 0 saturated carbocycles. The summed E-state index contributed by atoms with van der Waals surface area (Å²) in [7, 11) is -11.3. The number of hydrogen-bond acceptors (Lipinski definition) is 18. The number of ether oxygens (including phenoxy) is 3. The Morgan fingerprint density at radius 2 is 1.57 bits per heavy atom. The average molecular weight is 1020 g/mol. The molecule has 2 bridgehead atoms. The van der Waals surface area contributed by atoms with Gasteiger partial charge in [-0.05, 0) is 44.1 Å². The van der Waals surface area contributed by atoms with Crippen molar-refractivity contribution in [3.05, 3.63) is 47.1 Å². The summed E-state index contributed by atoms with van der Waals surface area (Å²) in [4.78, 5) is 78.2. The molecule has 69 heavy (non-hydrogen) atoms. The molecule has 3 rings (SSSR count). The van der Waals surface area contributed by atoms with E-state index in [2.05, 4.69) is 23.1 Å².